The quantitative estimate of drug-likeness (QED) is 0.851. The number of hydrogen-bond donors (Lipinski definition) is 1. The van der Waals surface area contributed by atoms with E-state index < -0.39 is 0 Å². The molecule has 0 radical (unpaired) electrons. The summed E-state index contributed by atoms with van der Waals surface area (Å²) in [7, 11) is 0. The van der Waals surface area contributed by atoms with Crippen LogP contribution in [0, 0.1) is 0 Å². The van der Waals surface area contributed by atoms with Crippen LogP contribution in [0.4, 0.5) is 0 Å². The Morgan fingerprint density at radius 2 is 2.32 bits per heavy atom. The molecule has 1 N–H and O–H groups in total. The molecule has 3 heteroatoms. The predicted octanol–water partition coefficient (Wildman–Crippen LogP) is 3.95. The SMILES string of the molecule is CCCNC(Cc1cccc(Cl)c1)C1=CCCCO1. The fourth-order valence-electron chi connectivity index (χ4n) is 2.31. The zero-order chi connectivity index (χ0) is 13.5. The van der Waals surface area contributed by atoms with Crippen LogP contribution in [0.1, 0.15) is 31.7 Å². The van der Waals surface area contributed by atoms with E-state index in [9.17, 15) is 0 Å². The van der Waals surface area contributed by atoms with Crippen LogP contribution in [-0.4, -0.2) is 19.2 Å². The van der Waals surface area contributed by atoms with Gasteiger partial charge in [-0.15, -0.1) is 0 Å². The van der Waals surface area contributed by atoms with E-state index in [1.54, 1.807) is 0 Å². The Labute approximate surface area is 120 Å². The summed E-state index contributed by atoms with van der Waals surface area (Å²) >= 11 is 6.05. The molecular formula is C16H22ClNO. The third kappa shape index (κ3) is 4.55. The van der Waals surface area contributed by atoms with Gasteiger partial charge in [-0.25, -0.2) is 0 Å². The van der Waals surface area contributed by atoms with Crippen LogP contribution < -0.4 is 5.32 Å². The summed E-state index contributed by atoms with van der Waals surface area (Å²) in [4.78, 5) is 0. The molecule has 1 unspecified atom stereocenters. The van der Waals surface area contributed by atoms with Gasteiger partial charge in [0.05, 0.1) is 12.6 Å². The molecule has 1 aromatic carbocycles. The van der Waals surface area contributed by atoms with Crippen LogP contribution in [-0.2, 0) is 11.2 Å². The van der Waals surface area contributed by atoms with Crippen LogP contribution in [0.3, 0.4) is 0 Å². The van der Waals surface area contributed by atoms with Gasteiger partial charge in [0.25, 0.3) is 0 Å². The molecule has 19 heavy (non-hydrogen) atoms. The maximum Gasteiger partial charge on any atom is 0.109 e. The zero-order valence-electron chi connectivity index (χ0n) is 11.5. The summed E-state index contributed by atoms with van der Waals surface area (Å²) in [5.41, 5.74) is 1.25. The Kier molecular flexibility index (Phi) is 5.74. The third-order valence-electron chi connectivity index (χ3n) is 3.28. The first-order valence-corrected chi connectivity index (χ1v) is 7.48. The van der Waals surface area contributed by atoms with Crippen molar-refractivity contribution >= 4 is 11.6 Å². The first-order chi connectivity index (χ1) is 9.29. The van der Waals surface area contributed by atoms with Gasteiger partial charge in [0, 0.05) is 5.02 Å². The number of benzene rings is 1. The lowest BCUT2D eigenvalue weighted by molar-refractivity contribution is 0.167. The lowest BCUT2D eigenvalue weighted by atomic mass is 10.0. The van der Waals surface area contributed by atoms with Gasteiger partial charge < -0.3 is 10.1 Å². The summed E-state index contributed by atoms with van der Waals surface area (Å²) < 4.78 is 5.81. The Hall–Kier alpha value is -0.990. The number of rotatable bonds is 6. The van der Waals surface area contributed by atoms with Crippen molar-refractivity contribution < 1.29 is 4.74 Å². The summed E-state index contributed by atoms with van der Waals surface area (Å²) in [6, 6.07) is 8.33. The molecule has 1 aromatic rings. The van der Waals surface area contributed by atoms with E-state index in [1.807, 2.05) is 18.2 Å². The van der Waals surface area contributed by atoms with Crippen LogP contribution in [0.5, 0.6) is 0 Å². The molecule has 1 aliphatic rings. The number of ether oxygens (including phenoxy) is 1. The fraction of sp³-hybridized carbons (Fsp3) is 0.500. The van der Waals surface area contributed by atoms with Crippen molar-refractivity contribution in [1.29, 1.82) is 0 Å². The second kappa shape index (κ2) is 7.56. The Morgan fingerprint density at radius 3 is 3.00 bits per heavy atom. The van der Waals surface area contributed by atoms with Crippen molar-refractivity contribution in [2.45, 2.75) is 38.6 Å². The Bertz CT molecular complexity index is 431. The average molecular weight is 280 g/mol. The van der Waals surface area contributed by atoms with Crippen LogP contribution >= 0.6 is 11.6 Å². The maximum atomic E-state index is 6.05. The number of halogens is 1. The minimum Gasteiger partial charge on any atom is -0.497 e. The molecule has 0 saturated carbocycles. The topological polar surface area (TPSA) is 21.3 Å². The van der Waals surface area contributed by atoms with Gasteiger partial charge in [0.2, 0.25) is 0 Å². The molecule has 0 fully saturated rings. The number of nitrogens with one attached hydrogen (secondary N) is 1. The summed E-state index contributed by atoms with van der Waals surface area (Å²) in [6.07, 6.45) is 6.52. The zero-order valence-corrected chi connectivity index (χ0v) is 12.2. The van der Waals surface area contributed by atoms with Gasteiger partial charge in [-0.3, -0.25) is 0 Å². The molecule has 1 heterocycles. The smallest absolute Gasteiger partial charge is 0.109 e. The molecule has 0 saturated heterocycles. The second-order valence-corrected chi connectivity index (χ2v) is 5.37. The van der Waals surface area contributed by atoms with Crippen LogP contribution in [0.25, 0.3) is 0 Å². The van der Waals surface area contributed by atoms with Gasteiger partial charge in [-0.1, -0.05) is 30.7 Å². The van der Waals surface area contributed by atoms with Crippen LogP contribution in [0.15, 0.2) is 36.1 Å². The lowest BCUT2D eigenvalue weighted by Gasteiger charge is -2.25. The molecule has 2 rings (SSSR count). The highest BCUT2D eigenvalue weighted by atomic mass is 35.5. The fourth-order valence-corrected chi connectivity index (χ4v) is 2.52. The van der Waals surface area contributed by atoms with E-state index in [-0.39, 0.29) is 6.04 Å². The molecule has 0 bridgehead atoms. The molecular weight excluding hydrogens is 258 g/mol. The van der Waals surface area contributed by atoms with Crippen molar-refractivity contribution in [1.82, 2.24) is 5.32 Å². The standard InChI is InChI=1S/C16H22ClNO/c1-2-9-18-15(16-8-3-4-10-19-16)12-13-6-5-7-14(17)11-13/h5-8,11,15,18H,2-4,9-10,12H2,1H3. The van der Waals surface area contributed by atoms with Gasteiger partial charge in [-0.2, -0.15) is 0 Å². The molecule has 1 aliphatic heterocycles. The first kappa shape index (κ1) is 14.4. The Morgan fingerprint density at radius 1 is 1.42 bits per heavy atom. The molecule has 0 aromatic heterocycles. The molecule has 104 valence electrons. The second-order valence-electron chi connectivity index (χ2n) is 4.94. The van der Waals surface area contributed by atoms with E-state index in [0.29, 0.717) is 0 Å². The monoisotopic (exact) mass is 279 g/mol. The van der Waals surface area contributed by atoms with Crippen molar-refractivity contribution in [3.05, 3.63) is 46.7 Å². The lowest BCUT2D eigenvalue weighted by Crippen LogP contribution is -2.35. The minimum atomic E-state index is 0.263. The molecule has 2 nitrogen and oxygen atoms in total. The van der Waals surface area contributed by atoms with Gasteiger partial charge in [0.1, 0.15) is 5.76 Å². The largest absolute Gasteiger partial charge is 0.497 e. The summed E-state index contributed by atoms with van der Waals surface area (Å²) in [5, 5.41) is 4.37. The highest BCUT2D eigenvalue weighted by molar-refractivity contribution is 6.30. The first-order valence-electron chi connectivity index (χ1n) is 7.10. The van der Waals surface area contributed by atoms with Crippen molar-refractivity contribution in [2.75, 3.05) is 13.2 Å². The number of allylic oxidation sites excluding steroid dienone is 1. The van der Waals surface area contributed by atoms with Gasteiger partial charge in [-0.05, 0) is 56.0 Å². The predicted molar refractivity (Wildman–Crippen MR) is 80.5 cm³/mol. The number of hydrogen-bond acceptors (Lipinski definition) is 2. The average Bonchev–Trinajstić information content (AvgIpc) is 2.44. The van der Waals surface area contributed by atoms with E-state index in [0.717, 1.165) is 49.6 Å². The van der Waals surface area contributed by atoms with Crippen molar-refractivity contribution in [3.63, 3.8) is 0 Å². The Balaban J connectivity index is 2.06. The highest BCUT2D eigenvalue weighted by Crippen LogP contribution is 2.19. The summed E-state index contributed by atoms with van der Waals surface area (Å²) in [5.74, 6) is 1.10. The van der Waals surface area contributed by atoms with Gasteiger partial charge in [0.15, 0.2) is 0 Å². The van der Waals surface area contributed by atoms with E-state index in [2.05, 4.69) is 24.4 Å². The van der Waals surface area contributed by atoms with Crippen LogP contribution in [0.2, 0.25) is 5.02 Å². The van der Waals surface area contributed by atoms with E-state index >= 15 is 0 Å². The third-order valence-corrected chi connectivity index (χ3v) is 3.51. The van der Waals surface area contributed by atoms with E-state index in [1.165, 1.54) is 5.56 Å². The molecule has 0 amide bonds. The van der Waals surface area contributed by atoms with E-state index in [4.69, 9.17) is 16.3 Å². The molecule has 0 spiro atoms. The molecule has 0 aliphatic carbocycles. The minimum absolute atomic E-state index is 0.263. The van der Waals surface area contributed by atoms with Crippen molar-refractivity contribution in [2.24, 2.45) is 0 Å². The molecule has 1 atom stereocenters. The summed E-state index contributed by atoms with van der Waals surface area (Å²) in [6.45, 7) is 4.02. The normalized spacial score (nSPS) is 16.6. The van der Waals surface area contributed by atoms with Gasteiger partial charge >= 0.3 is 0 Å². The van der Waals surface area contributed by atoms with Crippen molar-refractivity contribution in [3.8, 4) is 0 Å². The maximum absolute atomic E-state index is 6.05. The highest BCUT2D eigenvalue weighted by Gasteiger charge is 2.17.